The van der Waals surface area contributed by atoms with Gasteiger partial charge in [0, 0.05) is 11.3 Å². The van der Waals surface area contributed by atoms with Crippen LogP contribution in [0.2, 0.25) is 0 Å². The molecule has 6 atom stereocenters. The van der Waals surface area contributed by atoms with Crippen LogP contribution in [0.3, 0.4) is 0 Å². The van der Waals surface area contributed by atoms with Crippen LogP contribution >= 0.6 is 0 Å². The molecule has 1 N–H and O–H groups in total. The number of furan rings is 1. The first kappa shape index (κ1) is 15.7. The van der Waals surface area contributed by atoms with E-state index in [4.69, 9.17) is 9.15 Å². The largest absolute Gasteiger partial charge is 0.472 e. The summed E-state index contributed by atoms with van der Waals surface area (Å²) >= 11 is 0. The van der Waals surface area contributed by atoms with E-state index in [0.29, 0.717) is 12.0 Å². The second-order valence-corrected chi connectivity index (χ2v) is 8.94. The Morgan fingerprint density at radius 3 is 2.87 bits per heavy atom. The van der Waals surface area contributed by atoms with Gasteiger partial charge < -0.3 is 14.3 Å². The second-order valence-electron chi connectivity index (χ2n) is 8.94. The number of hydrogen-bond acceptors (Lipinski definition) is 3. The maximum absolute atomic E-state index is 11.9. The number of rotatable bonds is 3. The Morgan fingerprint density at radius 2 is 2.13 bits per heavy atom. The summed E-state index contributed by atoms with van der Waals surface area (Å²) in [5, 5.41) is 11.9. The summed E-state index contributed by atoms with van der Waals surface area (Å²) in [6.07, 6.45) is 10.2. The average molecular weight is 318 g/mol. The predicted octanol–water partition coefficient (Wildman–Crippen LogP) is 4.19. The van der Waals surface area contributed by atoms with Gasteiger partial charge in [0.05, 0.1) is 30.8 Å². The molecule has 0 spiro atoms. The van der Waals surface area contributed by atoms with Crippen LogP contribution in [-0.2, 0) is 11.2 Å². The molecule has 2 heterocycles. The maximum atomic E-state index is 11.9. The van der Waals surface area contributed by atoms with E-state index < -0.39 is 5.60 Å². The van der Waals surface area contributed by atoms with Crippen LogP contribution in [0.15, 0.2) is 23.0 Å². The van der Waals surface area contributed by atoms with Gasteiger partial charge in [-0.2, -0.15) is 0 Å². The SMILES string of the molecule is CC1CC2OCC3(C)CCCC(C)(C23)C1(O)CCc1ccoc1. The Balaban J connectivity index is 1.67. The van der Waals surface area contributed by atoms with Crippen molar-refractivity contribution in [2.45, 2.75) is 71.0 Å². The highest BCUT2D eigenvalue weighted by molar-refractivity contribution is 5.17. The van der Waals surface area contributed by atoms with Crippen molar-refractivity contribution in [1.82, 2.24) is 0 Å². The molecular formula is C20H30O3. The summed E-state index contributed by atoms with van der Waals surface area (Å²) in [4.78, 5) is 0. The Hall–Kier alpha value is -0.800. The quantitative estimate of drug-likeness (QED) is 0.908. The molecule has 1 aromatic rings. The van der Waals surface area contributed by atoms with E-state index in [1.54, 1.807) is 6.26 Å². The third kappa shape index (κ3) is 2.09. The Morgan fingerprint density at radius 1 is 1.30 bits per heavy atom. The highest BCUT2D eigenvalue weighted by Gasteiger charge is 2.67. The lowest BCUT2D eigenvalue weighted by Crippen LogP contribution is -2.65. The van der Waals surface area contributed by atoms with Crippen molar-refractivity contribution in [2.75, 3.05) is 6.61 Å². The molecule has 3 aliphatic rings. The van der Waals surface area contributed by atoms with Crippen LogP contribution < -0.4 is 0 Å². The van der Waals surface area contributed by atoms with Gasteiger partial charge in [-0.3, -0.25) is 0 Å². The predicted molar refractivity (Wildman–Crippen MR) is 89.1 cm³/mol. The second kappa shape index (κ2) is 5.10. The Kier molecular flexibility index (Phi) is 3.48. The summed E-state index contributed by atoms with van der Waals surface area (Å²) in [5.41, 5.74) is 0.794. The molecule has 3 fully saturated rings. The van der Waals surface area contributed by atoms with Crippen LogP contribution in [0.1, 0.15) is 58.4 Å². The molecule has 4 rings (SSSR count). The van der Waals surface area contributed by atoms with Crippen molar-refractivity contribution in [3.05, 3.63) is 24.2 Å². The van der Waals surface area contributed by atoms with E-state index in [9.17, 15) is 5.11 Å². The first-order chi connectivity index (χ1) is 10.9. The van der Waals surface area contributed by atoms with Crippen LogP contribution in [0.4, 0.5) is 0 Å². The van der Waals surface area contributed by atoms with Gasteiger partial charge in [0.2, 0.25) is 0 Å². The number of hydrogen-bond donors (Lipinski definition) is 1. The molecule has 2 saturated carbocycles. The molecule has 23 heavy (non-hydrogen) atoms. The van der Waals surface area contributed by atoms with E-state index in [0.717, 1.165) is 32.3 Å². The summed E-state index contributed by atoms with van der Waals surface area (Å²) in [6, 6.07) is 2.02. The minimum absolute atomic E-state index is 0.0391. The number of aryl methyl sites for hydroxylation is 1. The minimum Gasteiger partial charge on any atom is -0.472 e. The third-order valence-electron chi connectivity index (χ3n) is 7.65. The molecule has 0 aromatic carbocycles. The lowest BCUT2D eigenvalue weighted by Gasteiger charge is -2.62. The van der Waals surface area contributed by atoms with Crippen molar-refractivity contribution >= 4 is 0 Å². The van der Waals surface area contributed by atoms with E-state index >= 15 is 0 Å². The van der Waals surface area contributed by atoms with Crippen LogP contribution in [0, 0.1) is 22.7 Å². The first-order valence-corrected chi connectivity index (χ1v) is 9.24. The summed E-state index contributed by atoms with van der Waals surface area (Å²) in [5.74, 6) is 0.774. The molecule has 0 bridgehead atoms. The van der Waals surface area contributed by atoms with E-state index in [2.05, 4.69) is 20.8 Å². The number of aliphatic hydroxyl groups is 1. The molecule has 0 radical (unpaired) electrons. The van der Waals surface area contributed by atoms with Crippen LogP contribution in [0.25, 0.3) is 0 Å². The fourth-order valence-corrected chi connectivity index (χ4v) is 6.45. The van der Waals surface area contributed by atoms with Crippen LogP contribution in [0.5, 0.6) is 0 Å². The van der Waals surface area contributed by atoms with Gasteiger partial charge in [-0.25, -0.2) is 0 Å². The van der Waals surface area contributed by atoms with Gasteiger partial charge >= 0.3 is 0 Å². The van der Waals surface area contributed by atoms with Gasteiger partial charge in [0.1, 0.15) is 0 Å². The van der Waals surface area contributed by atoms with Crippen molar-refractivity contribution in [3.63, 3.8) is 0 Å². The molecule has 1 saturated heterocycles. The van der Waals surface area contributed by atoms with Gasteiger partial charge in [0.15, 0.2) is 0 Å². The van der Waals surface area contributed by atoms with Crippen molar-refractivity contribution in [2.24, 2.45) is 22.7 Å². The van der Waals surface area contributed by atoms with Crippen molar-refractivity contribution in [1.29, 1.82) is 0 Å². The topological polar surface area (TPSA) is 42.6 Å². The lowest BCUT2D eigenvalue weighted by molar-refractivity contribution is -0.217. The van der Waals surface area contributed by atoms with Gasteiger partial charge in [-0.15, -0.1) is 0 Å². The molecule has 128 valence electrons. The van der Waals surface area contributed by atoms with Crippen molar-refractivity contribution < 1.29 is 14.3 Å². The van der Waals surface area contributed by atoms with E-state index in [1.807, 2.05) is 12.3 Å². The van der Waals surface area contributed by atoms with Gasteiger partial charge in [-0.1, -0.05) is 27.2 Å². The highest BCUT2D eigenvalue weighted by Crippen LogP contribution is 2.66. The zero-order chi connectivity index (χ0) is 16.3. The molecule has 3 nitrogen and oxygen atoms in total. The normalized spacial score (nSPS) is 49.1. The van der Waals surface area contributed by atoms with Gasteiger partial charge in [0.25, 0.3) is 0 Å². The molecule has 3 heteroatoms. The lowest BCUT2D eigenvalue weighted by atomic mass is 9.44. The van der Waals surface area contributed by atoms with Gasteiger partial charge in [-0.05, 0) is 55.1 Å². The molecular weight excluding hydrogens is 288 g/mol. The van der Waals surface area contributed by atoms with Crippen molar-refractivity contribution in [3.8, 4) is 0 Å². The van der Waals surface area contributed by atoms with E-state index in [-0.39, 0.29) is 16.7 Å². The fourth-order valence-electron chi connectivity index (χ4n) is 6.45. The molecule has 0 amide bonds. The average Bonchev–Trinajstić information content (AvgIpc) is 3.12. The van der Waals surface area contributed by atoms with Crippen LogP contribution in [-0.4, -0.2) is 23.4 Å². The Labute approximate surface area is 139 Å². The smallest absolute Gasteiger partial charge is 0.0934 e. The number of ether oxygens (including phenoxy) is 1. The Bertz CT molecular complexity index is 567. The molecule has 1 aromatic heterocycles. The fraction of sp³-hybridized carbons (Fsp3) is 0.800. The highest BCUT2D eigenvalue weighted by atomic mass is 16.5. The molecule has 6 unspecified atom stereocenters. The monoisotopic (exact) mass is 318 g/mol. The minimum atomic E-state index is -0.610. The third-order valence-corrected chi connectivity index (χ3v) is 7.65. The zero-order valence-electron chi connectivity index (χ0n) is 14.7. The van der Waals surface area contributed by atoms with E-state index in [1.165, 1.54) is 18.4 Å². The maximum Gasteiger partial charge on any atom is 0.0934 e. The first-order valence-electron chi connectivity index (χ1n) is 9.24. The summed E-state index contributed by atoms with van der Waals surface area (Å²) in [7, 11) is 0. The molecule has 1 aliphatic heterocycles. The molecule has 2 aliphatic carbocycles. The summed E-state index contributed by atoms with van der Waals surface area (Å²) in [6.45, 7) is 7.84. The zero-order valence-corrected chi connectivity index (χ0v) is 14.7. The standard InChI is InChI=1S/C20H30O3/c1-14-11-16-17-18(2,13-23-16)7-4-8-19(17,3)20(14,21)9-5-15-6-10-22-12-15/h6,10,12,14,16-17,21H,4-5,7-9,11,13H2,1-3H3. The summed E-state index contributed by atoms with van der Waals surface area (Å²) < 4.78 is 11.4.